The lowest BCUT2D eigenvalue weighted by Gasteiger charge is -2.32. The van der Waals surface area contributed by atoms with Crippen molar-refractivity contribution < 1.29 is 9.90 Å². The summed E-state index contributed by atoms with van der Waals surface area (Å²) in [6.07, 6.45) is 5.32. The highest BCUT2D eigenvalue weighted by Crippen LogP contribution is 2.31. The fourth-order valence-electron chi connectivity index (χ4n) is 1.99. The van der Waals surface area contributed by atoms with Crippen molar-refractivity contribution in [2.24, 2.45) is 5.92 Å². The Morgan fingerprint density at radius 1 is 1.65 bits per heavy atom. The van der Waals surface area contributed by atoms with E-state index >= 15 is 0 Å². The van der Waals surface area contributed by atoms with E-state index in [2.05, 4.69) is 33.2 Å². The minimum atomic E-state index is -0.956. The van der Waals surface area contributed by atoms with Gasteiger partial charge in [0.1, 0.15) is 11.4 Å². The molecular formula is C12H15BrN2O2. The third-order valence-electron chi connectivity index (χ3n) is 3.31. The molecule has 0 aliphatic heterocycles. The standard InChI is InChI=1S/C12H15BrN2O2/c1-7(8-3-2-4-8)15-11-10(12(16)17)5-9(13)6-14-11/h5-8H,2-4H2,1H3,(H,14,15)(H,16,17). The number of carboxylic acids is 1. The Balaban J connectivity index is 2.16. The van der Waals surface area contributed by atoms with Crippen molar-refractivity contribution in [2.75, 3.05) is 5.32 Å². The van der Waals surface area contributed by atoms with E-state index in [0.717, 1.165) is 0 Å². The van der Waals surface area contributed by atoms with E-state index in [-0.39, 0.29) is 11.6 Å². The summed E-state index contributed by atoms with van der Waals surface area (Å²) < 4.78 is 0.678. The maximum atomic E-state index is 11.1. The smallest absolute Gasteiger partial charge is 0.339 e. The van der Waals surface area contributed by atoms with Crippen molar-refractivity contribution in [1.82, 2.24) is 4.98 Å². The molecule has 1 unspecified atom stereocenters. The number of aromatic nitrogens is 1. The van der Waals surface area contributed by atoms with Crippen molar-refractivity contribution in [2.45, 2.75) is 32.2 Å². The molecule has 1 aromatic heterocycles. The fraction of sp³-hybridized carbons (Fsp3) is 0.500. The van der Waals surface area contributed by atoms with Gasteiger partial charge in [0, 0.05) is 16.7 Å². The van der Waals surface area contributed by atoms with Crippen molar-refractivity contribution in [1.29, 1.82) is 0 Å². The number of rotatable bonds is 4. The molecular weight excluding hydrogens is 284 g/mol. The van der Waals surface area contributed by atoms with Crippen LogP contribution in [0.4, 0.5) is 5.82 Å². The van der Waals surface area contributed by atoms with Crippen molar-refractivity contribution in [3.8, 4) is 0 Å². The summed E-state index contributed by atoms with van der Waals surface area (Å²) in [4.78, 5) is 15.2. The Hall–Kier alpha value is -1.10. The molecule has 2 rings (SSSR count). The van der Waals surface area contributed by atoms with Crippen molar-refractivity contribution in [3.05, 3.63) is 22.3 Å². The number of hydrogen-bond donors (Lipinski definition) is 2. The van der Waals surface area contributed by atoms with E-state index in [1.165, 1.54) is 19.3 Å². The van der Waals surface area contributed by atoms with Crippen LogP contribution in [0.25, 0.3) is 0 Å². The zero-order valence-electron chi connectivity index (χ0n) is 9.61. The summed E-state index contributed by atoms with van der Waals surface area (Å²) >= 11 is 3.23. The molecule has 1 heterocycles. The summed E-state index contributed by atoms with van der Waals surface area (Å²) in [5.41, 5.74) is 0.213. The minimum Gasteiger partial charge on any atom is -0.478 e. The molecule has 2 N–H and O–H groups in total. The molecule has 1 fully saturated rings. The van der Waals surface area contributed by atoms with E-state index < -0.39 is 5.97 Å². The first-order chi connectivity index (χ1) is 8.08. The van der Waals surface area contributed by atoms with Gasteiger partial charge in [0.05, 0.1) is 0 Å². The highest BCUT2D eigenvalue weighted by molar-refractivity contribution is 9.10. The predicted octanol–water partition coefficient (Wildman–Crippen LogP) is 3.14. The van der Waals surface area contributed by atoms with Crippen molar-refractivity contribution in [3.63, 3.8) is 0 Å². The van der Waals surface area contributed by atoms with Crippen LogP contribution in [-0.4, -0.2) is 22.1 Å². The Morgan fingerprint density at radius 2 is 2.35 bits per heavy atom. The van der Waals surface area contributed by atoms with Crippen LogP contribution in [-0.2, 0) is 0 Å². The first kappa shape index (κ1) is 12.4. The average Bonchev–Trinajstić information content (AvgIpc) is 2.17. The second-order valence-corrected chi connectivity index (χ2v) is 5.39. The summed E-state index contributed by atoms with van der Waals surface area (Å²) in [5, 5.41) is 12.3. The van der Waals surface area contributed by atoms with E-state index in [0.29, 0.717) is 16.2 Å². The number of nitrogens with one attached hydrogen (secondary N) is 1. The molecule has 0 aromatic carbocycles. The average molecular weight is 299 g/mol. The Labute approximate surface area is 109 Å². The highest BCUT2D eigenvalue weighted by Gasteiger charge is 2.25. The second kappa shape index (κ2) is 5.04. The van der Waals surface area contributed by atoms with Crippen LogP contribution < -0.4 is 5.32 Å². The van der Waals surface area contributed by atoms with Crippen LogP contribution in [0.5, 0.6) is 0 Å². The van der Waals surface area contributed by atoms with Crippen LogP contribution in [0.2, 0.25) is 0 Å². The normalized spacial score (nSPS) is 17.3. The molecule has 17 heavy (non-hydrogen) atoms. The zero-order chi connectivity index (χ0) is 12.4. The van der Waals surface area contributed by atoms with Gasteiger partial charge >= 0.3 is 5.97 Å². The number of pyridine rings is 1. The highest BCUT2D eigenvalue weighted by atomic mass is 79.9. The number of hydrogen-bond acceptors (Lipinski definition) is 3. The van der Waals surface area contributed by atoms with Gasteiger partial charge in [-0.05, 0) is 47.7 Å². The Kier molecular flexibility index (Phi) is 3.66. The number of carbonyl (C=O) groups is 1. The molecule has 1 aliphatic carbocycles. The first-order valence-corrected chi connectivity index (χ1v) is 6.52. The largest absolute Gasteiger partial charge is 0.478 e. The maximum absolute atomic E-state index is 11.1. The predicted molar refractivity (Wildman–Crippen MR) is 69.3 cm³/mol. The number of aromatic carboxylic acids is 1. The van der Waals surface area contributed by atoms with Crippen LogP contribution in [0.15, 0.2) is 16.7 Å². The van der Waals surface area contributed by atoms with Gasteiger partial charge in [-0.25, -0.2) is 9.78 Å². The monoisotopic (exact) mass is 298 g/mol. The fourth-order valence-corrected chi connectivity index (χ4v) is 2.32. The second-order valence-electron chi connectivity index (χ2n) is 4.48. The third-order valence-corrected chi connectivity index (χ3v) is 3.74. The SMILES string of the molecule is CC(Nc1ncc(Br)cc1C(=O)O)C1CCC1. The number of halogens is 1. The molecule has 1 saturated carbocycles. The summed E-state index contributed by atoms with van der Waals surface area (Å²) in [6, 6.07) is 1.85. The number of nitrogens with zero attached hydrogens (tertiary/aromatic N) is 1. The topological polar surface area (TPSA) is 62.2 Å². The molecule has 5 heteroatoms. The molecule has 92 valence electrons. The Bertz CT molecular complexity index is 433. The molecule has 0 bridgehead atoms. The van der Waals surface area contributed by atoms with Gasteiger partial charge in [0.2, 0.25) is 0 Å². The molecule has 1 atom stereocenters. The molecule has 4 nitrogen and oxygen atoms in total. The van der Waals surface area contributed by atoms with Gasteiger partial charge < -0.3 is 10.4 Å². The van der Waals surface area contributed by atoms with Gasteiger partial charge in [-0.2, -0.15) is 0 Å². The van der Waals surface area contributed by atoms with Gasteiger partial charge in [-0.15, -0.1) is 0 Å². The summed E-state index contributed by atoms with van der Waals surface area (Å²) in [5.74, 6) is 0.143. The lowest BCUT2D eigenvalue weighted by atomic mass is 9.80. The van der Waals surface area contributed by atoms with Gasteiger partial charge in [-0.1, -0.05) is 6.42 Å². The van der Waals surface area contributed by atoms with Gasteiger partial charge in [0.15, 0.2) is 0 Å². The summed E-state index contributed by atoms with van der Waals surface area (Å²) in [7, 11) is 0. The summed E-state index contributed by atoms with van der Waals surface area (Å²) in [6.45, 7) is 2.08. The molecule has 1 aliphatic rings. The van der Waals surface area contributed by atoms with Crippen LogP contribution >= 0.6 is 15.9 Å². The van der Waals surface area contributed by atoms with E-state index in [9.17, 15) is 4.79 Å². The Morgan fingerprint density at radius 3 is 2.88 bits per heavy atom. The van der Waals surface area contributed by atoms with E-state index in [1.807, 2.05) is 0 Å². The lowest BCUT2D eigenvalue weighted by molar-refractivity contribution is 0.0697. The van der Waals surface area contributed by atoms with Gasteiger partial charge in [0.25, 0.3) is 0 Å². The lowest BCUT2D eigenvalue weighted by Crippen LogP contribution is -2.31. The van der Waals surface area contributed by atoms with Crippen molar-refractivity contribution >= 4 is 27.7 Å². The zero-order valence-corrected chi connectivity index (χ0v) is 11.2. The third kappa shape index (κ3) is 2.77. The number of carboxylic acid groups (broad SMARTS) is 1. The number of anilines is 1. The van der Waals surface area contributed by atoms with Crippen LogP contribution in [0.3, 0.4) is 0 Å². The van der Waals surface area contributed by atoms with E-state index in [1.54, 1.807) is 12.3 Å². The first-order valence-electron chi connectivity index (χ1n) is 5.73. The maximum Gasteiger partial charge on any atom is 0.339 e. The molecule has 0 spiro atoms. The molecule has 0 saturated heterocycles. The molecule has 0 amide bonds. The van der Waals surface area contributed by atoms with Crippen LogP contribution in [0.1, 0.15) is 36.5 Å². The van der Waals surface area contributed by atoms with E-state index in [4.69, 9.17) is 5.11 Å². The molecule has 0 radical (unpaired) electrons. The van der Waals surface area contributed by atoms with Crippen LogP contribution in [0, 0.1) is 5.92 Å². The minimum absolute atomic E-state index is 0.213. The quantitative estimate of drug-likeness (QED) is 0.896. The van der Waals surface area contributed by atoms with Gasteiger partial charge in [-0.3, -0.25) is 0 Å². The molecule has 1 aromatic rings.